The molecule has 0 spiro atoms. The summed E-state index contributed by atoms with van der Waals surface area (Å²) in [5.74, 6) is 0.477. The quantitative estimate of drug-likeness (QED) is 0.568. The number of hydrogen-bond acceptors (Lipinski definition) is 3. The van der Waals surface area contributed by atoms with Crippen LogP contribution in [0.2, 0.25) is 0 Å². The Balaban J connectivity index is 1.51. The monoisotopic (exact) mass is 409 g/mol. The maximum atomic E-state index is 13.1. The predicted molar refractivity (Wildman–Crippen MR) is 122 cm³/mol. The van der Waals surface area contributed by atoms with Gasteiger partial charge in [-0.1, -0.05) is 31.2 Å². The summed E-state index contributed by atoms with van der Waals surface area (Å²) >= 11 is 1.78. The van der Waals surface area contributed by atoms with Gasteiger partial charge in [0.15, 0.2) is 0 Å². The topological polar surface area (TPSA) is 48.1 Å². The fraction of sp³-hybridized carbons (Fsp3) is 0.458. The standard InChI is InChI=1S/C24H31N3OS/c1-3-18-9-6-7-13-27(18)24(28)17(2)25-16-21(23-12-8-14-29-23)20-15-26-22-11-5-4-10-19(20)22/h4-5,8,10-12,14-15,17-18,21,25-26H,3,6-7,9,13,16H2,1-2H3/t17-,18-,21+/m1/s1. The van der Waals surface area contributed by atoms with Gasteiger partial charge in [-0.05, 0) is 55.7 Å². The largest absolute Gasteiger partial charge is 0.361 e. The molecular formula is C24H31N3OS. The highest BCUT2D eigenvalue weighted by atomic mass is 32.1. The Bertz CT molecular complexity index is 933. The molecule has 3 atom stereocenters. The van der Waals surface area contributed by atoms with Gasteiger partial charge in [0.1, 0.15) is 0 Å². The number of thiophene rings is 1. The van der Waals surface area contributed by atoms with Crippen molar-refractivity contribution in [1.82, 2.24) is 15.2 Å². The van der Waals surface area contributed by atoms with Crippen molar-refractivity contribution in [2.45, 2.75) is 57.5 Å². The summed E-state index contributed by atoms with van der Waals surface area (Å²) in [6.07, 6.45) is 6.68. The smallest absolute Gasteiger partial charge is 0.239 e. The number of benzene rings is 1. The van der Waals surface area contributed by atoms with Gasteiger partial charge in [0, 0.05) is 47.0 Å². The van der Waals surface area contributed by atoms with Crippen LogP contribution in [0.4, 0.5) is 0 Å². The number of carbonyl (C=O) groups excluding carboxylic acids is 1. The van der Waals surface area contributed by atoms with Gasteiger partial charge in [0.25, 0.3) is 0 Å². The van der Waals surface area contributed by atoms with Crippen LogP contribution in [0, 0.1) is 0 Å². The van der Waals surface area contributed by atoms with Crippen molar-refractivity contribution in [3.05, 3.63) is 58.4 Å². The fourth-order valence-corrected chi connectivity index (χ4v) is 5.43. The first-order valence-electron chi connectivity index (χ1n) is 10.8. The van der Waals surface area contributed by atoms with E-state index >= 15 is 0 Å². The Morgan fingerprint density at radius 1 is 1.28 bits per heavy atom. The molecule has 0 saturated carbocycles. The van der Waals surface area contributed by atoms with Crippen LogP contribution in [0.3, 0.4) is 0 Å². The second-order valence-electron chi connectivity index (χ2n) is 8.08. The predicted octanol–water partition coefficient (Wildman–Crippen LogP) is 5.13. The van der Waals surface area contributed by atoms with Crippen molar-refractivity contribution >= 4 is 28.1 Å². The van der Waals surface area contributed by atoms with E-state index in [-0.39, 0.29) is 17.9 Å². The van der Waals surface area contributed by atoms with Crippen LogP contribution in [-0.2, 0) is 4.79 Å². The van der Waals surface area contributed by atoms with E-state index in [9.17, 15) is 4.79 Å². The molecule has 0 unspecified atom stereocenters. The molecule has 4 rings (SSSR count). The summed E-state index contributed by atoms with van der Waals surface area (Å²) in [4.78, 5) is 20.0. The number of nitrogens with one attached hydrogen (secondary N) is 2. The molecule has 1 aliphatic heterocycles. The maximum Gasteiger partial charge on any atom is 0.239 e. The van der Waals surface area contributed by atoms with Crippen LogP contribution in [0.1, 0.15) is 55.9 Å². The molecule has 1 aliphatic rings. The molecule has 4 nitrogen and oxygen atoms in total. The lowest BCUT2D eigenvalue weighted by Crippen LogP contribution is -2.51. The van der Waals surface area contributed by atoms with Crippen molar-refractivity contribution < 1.29 is 4.79 Å². The van der Waals surface area contributed by atoms with Gasteiger partial charge in [0.2, 0.25) is 5.91 Å². The van der Waals surface area contributed by atoms with Gasteiger partial charge in [-0.3, -0.25) is 4.79 Å². The number of carbonyl (C=O) groups is 1. The highest BCUT2D eigenvalue weighted by Crippen LogP contribution is 2.33. The minimum Gasteiger partial charge on any atom is -0.361 e. The van der Waals surface area contributed by atoms with E-state index in [0.29, 0.717) is 6.04 Å². The lowest BCUT2D eigenvalue weighted by Gasteiger charge is -2.37. The van der Waals surface area contributed by atoms with Gasteiger partial charge < -0.3 is 15.2 Å². The van der Waals surface area contributed by atoms with E-state index in [4.69, 9.17) is 0 Å². The van der Waals surface area contributed by atoms with Gasteiger partial charge in [-0.25, -0.2) is 0 Å². The molecule has 1 saturated heterocycles. The normalized spacial score (nSPS) is 19.4. The number of hydrogen-bond donors (Lipinski definition) is 2. The van der Waals surface area contributed by atoms with E-state index in [1.54, 1.807) is 11.3 Å². The number of piperidine rings is 1. The van der Waals surface area contributed by atoms with Crippen molar-refractivity contribution in [2.24, 2.45) is 0 Å². The number of para-hydroxylation sites is 1. The van der Waals surface area contributed by atoms with Crippen LogP contribution >= 0.6 is 11.3 Å². The third kappa shape index (κ3) is 4.26. The Kier molecular flexibility index (Phi) is 6.36. The SMILES string of the molecule is CC[C@@H]1CCCCN1C(=O)[C@@H](C)NC[C@H](c1cccs1)c1c[nH]c2ccccc12. The highest BCUT2D eigenvalue weighted by Gasteiger charge is 2.29. The molecule has 29 heavy (non-hydrogen) atoms. The van der Waals surface area contributed by atoms with Gasteiger partial charge in [-0.2, -0.15) is 0 Å². The number of likely N-dealkylation sites (tertiary alicyclic amines) is 1. The number of aromatic nitrogens is 1. The van der Waals surface area contributed by atoms with E-state index in [0.717, 1.165) is 37.9 Å². The zero-order valence-corrected chi connectivity index (χ0v) is 18.2. The molecular weight excluding hydrogens is 378 g/mol. The summed E-state index contributed by atoms with van der Waals surface area (Å²) in [6, 6.07) is 13.0. The Labute approximate surface area is 177 Å². The first-order valence-corrected chi connectivity index (χ1v) is 11.7. The molecule has 0 aliphatic carbocycles. The number of fused-ring (bicyclic) bond motifs is 1. The molecule has 1 aromatic carbocycles. The van der Waals surface area contributed by atoms with Crippen LogP contribution in [0.25, 0.3) is 10.9 Å². The minimum absolute atomic E-state index is 0.171. The average Bonchev–Trinajstić information content (AvgIpc) is 3.44. The number of amides is 1. The third-order valence-electron chi connectivity index (χ3n) is 6.26. The first-order chi connectivity index (χ1) is 14.2. The lowest BCUT2D eigenvalue weighted by molar-refractivity contribution is -0.136. The maximum absolute atomic E-state index is 13.1. The number of rotatable bonds is 7. The Morgan fingerprint density at radius 3 is 2.93 bits per heavy atom. The molecule has 3 aromatic rings. The van der Waals surface area contributed by atoms with Gasteiger partial charge >= 0.3 is 0 Å². The Morgan fingerprint density at radius 2 is 2.14 bits per heavy atom. The van der Waals surface area contributed by atoms with Crippen molar-refractivity contribution in [2.75, 3.05) is 13.1 Å². The summed E-state index contributed by atoms with van der Waals surface area (Å²) in [7, 11) is 0. The first kappa shape index (κ1) is 20.2. The van der Waals surface area contributed by atoms with Crippen molar-refractivity contribution in [3.63, 3.8) is 0 Å². The van der Waals surface area contributed by atoms with E-state index in [1.165, 1.54) is 22.2 Å². The van der Waals surface area contributed by atoms with Crippen molar-refractivity contribution in [1.29, 1.82) is 0 Å². The highest BCUT2D eigenvalue weighted by molar-refractivity contribution is 7.10. The summed E-state index contributed by atoms with van der Waals surface area (Å²) in [5, 5.41) is 6.96. The van der Waals surface area contributed by atoms with Crippen LogP contribution in [0.15, 0.2) is 48.0 Å². The molecule has 2 aromatic heterocycles. The number of nitrogens with zero attached hydrogens (tertiary/aromatic N) is 1. The fourth-order valence-electron chi connectivity index (χ4n) is 4.58. The van der Waals surface area contributed by atoms with Gasteiger partial charge in [-0.15, -0.1) is 11.3 Å². The molecule has 0 radical (unpaired) electrons. The zero-order chi connectivity index (χ0) is 20.2. The molecule has 0 bridgehead atoms. The van der Waals surface area contributed by atoms with Gasteiger partial charge in [0.05, 0.1) is 6.04 Å². The van der Waals surface area contributed by atoms with Crippen LogP contribution in [-0.4, -0.2) is 41.0 Å². The molecule has 2 N–H and O–H groups in total. The summed E-state index contributed by atoms with van der Waals surface area (Å²) < 4.78 is 0. The van der Waals surface area contributed by atoms with E-state index < -0.39 is 0 Å². The summed E-state index contributed by atoms with van der Waals surface area (Å²) in [5.41, 5.74) is 2.45. The molecule has 1 amide bonds. The second-order valence-corrected chi connectivity index (χ2v) is 9.06. The lowest BCUT2D eigenvalue weighted by atomic mass is 9.96. The van der Waals surface area contributed by atoms with E-state index in [2.05, 4.69) is 70.1 Å². The molecule has 1 fully saturated rings. The van der Waals surface area contributed by atoms with Crippen molar-refractivity contribution in [3.8, 4) is 0 Å². The third-order valence-corrected chi connectivity index (χ3v) is 7.25. The summed E-state index contributed by atoms with van der Waals surface area (Å²) in [6.45, 7) is 5.86. The van der Waals surface area contributed by atoms with E-state index in [1.807, 2.05) is 6.92 Å². The Hall–Kier alpha value is -2.11. The van der Waals surface area contributed by atoms with Crippen LogP contribution < -0.4 is 5.32 Å². The zero-order valence-electron chi connectivity index (χ0n) is 17.4. The average molecular weight is 410 g/mol. The number of aromatic amines is 1. The van der Waals surface area contributed by atoms with Crippen LogP contribution in [0.5, 0.6) is 0 Å². The molecule has 154 valence electrons. The number of H-pyrrole nitrogens is 1. The molecule has 3 heterocycles. The second kappa shape index (κ2) is 9.14. The molecule has 5 heteroatoms. The minimum atomic E-state index is -0.171.